The summed E-state index contributed by atoms with van der Waals surface area (Å²) in [5, 5.41) is 11.9. The molecule has 0 amide bonds. The van der Waals surface area contributed by atoms with Crippen LogP contribution in [0.2, 0.25) is 0 Å². The van der Waals surface area contributed by atoms with Gasteiger partial charge < -0.3 is 9.72 Å². The number of benzene rings is 1. The first-order chi connectivity index (χ1) is 10.0. The Morgan fingerprint density at radius 3 is 2.76 bits per heavy atom. The fourth-order valence-corrected chi connectivity index (χ4v) is 3.07. The third kappa shape index (κ3) is 2.91. The zero-order valence-corrected chi connectivity index (χ0v) is 12.2. The minimum atomic E-state index is -0.370. The Balaban J connectivity index is 1.83. The van der Waals surface area contributed by atoms with E-state index in [2.05, 4.69) is 23.7 Å². The van der Waals surface area contributed by atoms with Gasteiger partial charge in [0, 0.05) is 43.4 Å². The summed E-state index contributed by atoms with van der Waals surface area (Å²) >= 11 is 0. The molecule has 0 spiro atoms. The molecule has 1 aromatic carbocycles. The first kappa shape index (κ1) is 14.0. The topological polar surface area (TPSA) is 71.4 Å². The van der Waals surface area contributed by atoms with Gasteiger partial charge in [0.25, 0.3) is 5.69 Å². The summed E-state index contributed by atoms with van der Waals surface area (Å²) in [6, 6.07) is 4.97. The predicted octanol–water partition coefficient (Wildman–Crippen LogP) is 2.69. The van der Waals surface area contributed by atoms with Crippen LogP contribution in [0.25, 0.3) is 10.9 Å². The largest absolute Gasteiger partial charge is 0.373 e. The van der Waals surface area contributed by atoms with Gasteiger partial charge in [-0.3, -0.25) is 15.0 Å². The second kappa shape index (κ2) is 5.46. The molecule has 0 radical (unpaired) electrons. The molecule has 1 fully saturated rings. The Morgan fingerprint density at radius 2 is 2.10 bits per heavy atom. The van der Waals surface area contributed by atoms with Gasteiger partial charge in [-0.25, -0.2) is 0 Å². The molecule has 6 nitrogen and oxygen atoms in total. The number of aromatic amines is 1. The van der Waals surface area contributed by atoms with E-state index in [-0.39, 0.29) is 22.8 Å². The van der Waals surface area contributed by atoms with E-state index in [9.17, 15) is 10.1 Å². The molecule has 1 aliphatic heterocycles. The molecule has 2 aromatic rings. The number of nitro groups is 1. The molecule has 0 unspecified atom stereocenters. The molecule has 0 aliphatic carbocycles. The molecule has 1 aliphatic rings. The van der Waals surface area contributed by atoms with Crippen LogP contribution in [0, 0.1) is 10.1 Å². The molecule has 6 heteroatoms. The molecule has 1 aromatic heterocycles. The van der Waals surface area contributed by atoms with E-state index in [0.717, 1.165) is 30.5 Å². The summed E-state index contributed by atoms with van der Waals surface area (Å²) in [6.45, 7) is 6.81. The molecular weight excluding hydrogens is 270 g/mol. The maximum absolute atomic E-state index is 10.8. The number of nitrogens with one attached hydrogen (secondary N) is 1. The zero-order valence-electron chi connectivity index (χ0n) is 12.2. The van der Waals surface area contributed by atoms with Gasteiger partial charge in [0.1, 0.15) is 0 Å². The lowest BCUT2D eigenvalue weighted by atomic mass is 10.1. The Morgan fingerprint density at radius 1 is 1.38 bits per heavy atom. The Kier molecular flexibility index (Phi) is 3.65. The van der Waals surface area contributed by atoms with Gasteiger partial charge in [-0.2, -0.15) is 0 Å². The Hall–Kier alpha value is -1.92. The zero-order chi connectivity index (χ0) is 15.0. The van der Waals surface area contributed by atoms with Crippen molar-refractivity contribution >= 4 is 16.6 Å². The van der Waals surface area contributed by atoms with E-state index in [1.54, 1.807) is 12.1 Å². The van der Waals surface area contributed by atoms with Gasteiger partial charge in [0.2, 0.25) is 0 Å². The molecule has 0 bridgehead atoms. The molecule has 3 rings (SSSR count). The van der Waals surface area contributed by atoms with Crippen molar-refractivity contribution in [2.75, 3.05) is 13.1 Å². The van der Waals surface area contributed by atoms with Crippen LogP contribution in [-0.4, -0.2) is 40.1 Å². The van der Waals surface area contributed by atoms with Crippen LogP contribution in [0.5, 0.6) is 0 Å². The Bertz CT molecular complexity index is 657. The fourth-order valence-electron chi connectivity index (χ4n) is 3.07. The third-order valence-corrected chi connectivity index (χ3v) is 3.85. The van der Waals surface area contributed by atoms with Crippen molar-refractivity contribution in [1.82, 2.24) is 9.88 Å². The monoisotopic (exact) mass is 289 g/mol. The van der Waals surface area contributed by atoms with E-state index in [1.165, 1.54) is 5.56 Å². The second-order valence-corrected chi connectivity index (χ2v) is 5.75. The summed E-state index contributed by atoms with van der Waals surface area (Å²) in [6.07, 6.45) is 2.42. The fraction of sp³-hybridized carbons (Fsp3) is 0.467. The summed E-state index contributed by atoms with van der Waals surface area (Å²) < 4.78 is 5.74. The average Bonchev–Trinajstić information content (AvgIpc) is 2.80. The first-order valence-corrected chi connectivity index (χ1v) is 7.15. The van der Waals surface area contributed by atoms with E-state index in [0.29, 0.717) is 0 Å². The molecular formula is C15H19N3O3. The maximum atomic E-state index is 10.8. The van der Waals surface area contributed by atoms with Crippen LogP contribution >= 0.6 is 0 Å². The van der Waals surface area contributed by atoms with E-state index in [1.807, 2.05) is 12.3 Å². The van der Waals surface area contributed by atoms with Crippen LogP contribution in [0.4, 0.5) is 5.69 Å². The van der Waals surface area contributed by atoms with Crippen molar-refractivity contribution in [2.24, 2.45) is 0 Å². The maximum Gasteiger partial charge on any atom is 0.271 e. The highest BCUT2D eigenvalue weighted by Gasteiger charge is 2.23. The van der Waals surface area contributed by atoms with Gasteiger partial charge in [-0.05, 0) is 25.5 Å². The average molecular weight is 289 g/mol. The van der Waals surface area contributed by atoms with E-state index in [4.69, 9.17) is 4.74 Å². The Labute approximate surface area is 122 Å². The lowest BCUT2D eigenvalue weighted by Crippen LogP contribution is -2.44. The van der Waals surface area contributed by atoms with Crippen LogP contribution < -0.4 is 0 Å². The number of hydrogen-bond acceptors (Lipinski definition) is 4. The number of ether oxygens (including phenoxy) is 1. The first-order valence-electron chi connectivity index (χ1n) is 7.15. The summed E-state index contributed by atoms with van der Waals surface area (Å²) in [4.78, 5) is 15.9. The number of nitro benzene ring substituents is 1. The quantitative estimate of drug-likeness (QED) is 0.696. The molecule has 1 saturated heterocycles. The summed E-state index contributed by atoms with van der Waals surface area (Å²) in [5.74, 6) is 0. The number of rotatable bonds is 3. The van der Waals surface area contributed by atoms with Crippen LogP contribution in [0.3, 0.4) is 0 Å². The summed E-state index contributed by atoms with van der Waals surface area (Å²) in [7, 11) is 0. The van der Waals surface area contributed by atoms with E-state index >= 15 is 0 Å². The number of H-pyrrole nitrogens is 1. The highest BCUT2D eigenvalue weighted by Crippen LogP contribution is 2.25. The number of morpholine rings is 1. The number of aromatic nitrogens is 1. The van der Waals surface area contributed by atoms with Gasteiger partial charge in [-0.15, -0.1) is 0 Å². The lowest BCUT2D eigenvalue weighted by molar-refractivity contribution is -0.384. The number of non-ortho nitro benzene ring substituents is 1. The molecule has 2 atom stereocenters. The van der Waals surface area contributed by atoms with Crippen molar-refractivity contribution in [2.45, 2.75) is 32.6 Å². The van der Waals surface area contributed by atoms with Crippen LogP contribution in [0.15, 0.2) is 24.4 Å². The highest BCUT2D eigenvalue weighted by molar-refractivity contribution is 5.85. The third-order valence-electron chi connectivity index (χ3n) is 3.85. The van der Waals surface area contributed by atoms with Crippen LogP contribution in [0.1, 0.15) is 19.4 Å². The predicted molar refractivity (Wildman–Crippen MR) is 80.2 cm³/mol. The minimum Gasteiger partial charge on any atom is -0.373 e. The smallest absolute Gasteiger partial charge is 0.271 e. The number of fused-ring (bicyclic) bond motifs is 1. The van der Waals surface area contributed by atoms with E-state index < -0.39 is 0 Å². The van der Waals surface area contributed by atoms with Gasteiger partial charge in [0.15, 0.2) is 0 Å². The van der Waals surface area contributed by atoms with Gasteiger partial charge in [0.05, 0.1) is 22.6 Å². The molecule has 112 valence electrons. The molecule has 0 saturated carbocycles. The lowest BCUT2D eigenvalue weighted by Gasteiger charge is -2.35. The van der Waals surface area contributed by atoms with Crippen LogP contribution in [-0.2, 0) is 11.3 Å². The summed E-state index contributed by atoms with van der Waals surface area (Å²) in [5.41, 5.74) is 2.10. The second-order valence-electron chi connectivity index (χ2n) is 5.75. The molecule has 2 heterocycles. The van der Waals surface area contributed by atoms with Crippen molar-refractivity contribution in [3.63, 3.8) is 0 Å². The molecule has 1 N–H and O–H groups in total. The number of nitrogens with zero attached hydrogens (tertiary/aromatic N) is 2. The van der Waals surface area contributed by atoms with Crippen molar-refractivity contribution in [3.05, 3.63) is 40.1 Å². The van der Waals surface area contributed by atoms with Gasteiger partial charge in [-0.1, -0.05) is 0 Å². The van der Waals surface area contributed by atoms with Crippen molar-refractivity contribution in [3.8, 4) is 0 Å². The van der Waals surface area contributed by atoms with Crippen molar-refractivity contribution in [1.29, 1.82) is 0 Å². The van der Waals surface area contributed by atoms with Crippen molar-refractivity contribution < 1.29 is 9.66 Å². The molecule has 21 heavy (non-hydrogen) atoms. The standard InChI is InChI=1S/C15H19N3O3/c1-10-7-17(8-11(2)21-10)9-12-6-16-15-5-13(18(19)20)3-4-14(12)15/h3-6,10-11,16H,7-9H2,1-2H3/t10-,11+. The minimum absolute atomic E-state index is 0.115. The van der Waals surface area contributed by atoms with Gasteiger partial charge >= 0.3 is 0 Å². The highest BCUT2D eigenvalue weighted by atomic mass is 16.6. The number of hydrogen-bond donors (Lipinski definition) is 1. The normalized spacial score (nSPS) is 23.5. The SMILES string of the molecule is C[C@@H]1CN(Cc2c[nH]c3cc([N+](=O)[O-])ccc23)C[C@H](C)O1.